The van der Waals surface area contributed by atoms with Gasteiger partial charge in [-0.25, -0.2) is 9.59 Å². The molecule has 2 amide bonds. The molecule has 3 unspecified atom stereocenters. The Kier molecular flexibility index (Phi) is 4.57. The van der Waals surface area contributed by atoms with Gasteiger partial charge >= 0.3 is 12.0 Å². The van der Waals surface area contributed by atoms with E-state index in [0.717, 1.165) is 19.3 Å². The molecule has 2 aliphatic rings. The number of nitrogens with zero attached hydrogens (tertiary/aromatic N) is 1. The number of hydrogen-bond donors (Lipinski definition) is 3. The molecule has 0 spiro atoms. The molecule has 1 aliphatic heterocycles. The topological polar surface area (TPSA) is 89.9 Å². The quantitative estimate of drug-likeness (QED) is 0.703. The summed E-state index contributed by atoms with van der Waals surface area (Å²) in [7, 11) is 0. The Morgan fingerprint density at radius 1 is 1.32 bits per heavy atom. The number of aliphatic carboxylic acids is 1. The van der Waals surface area contributed by atoms with Crippen molar-refractivity contribution in [2.24, 2.45) is 0 Å². The van der Waals surface area contributed by atoms with E-state index in [4.69, 9.17) is 5.11 Å². The summed E-state index contributed by atoms with van der Waals surface area (Å²) >= 11 is 1.80. The first kappa shape index (κ1) is 14.5. The van der Waals surface area contributed by atoms with Gasteiger partial charge in [-0.2, -0.15) is 11.8 Å². The number of rotatable bonds is 3. The average Bonchev–Trinajstić information content (AvgIpc) is 2.95. The molecule has 6 nitrogen and oxygen atoms in total. The maximum atomic E-state index is 12.1. The molecule has 3 N–H and O–H groups in total. The minimum atomic E-state index is -1.06. The number of carboxylic acids is 1. The number of thioether (sulfide) groups is 1. The molecule has 108 valence electrons. The number of aliphatic hydroxyl groups excluding tert-OH is 1. The fourth-order valence-corrected chi connectivity index (χ4v) is 3.61. The van der Waals surface area contributed by atoms with Crippen molar-refractivity contribution in [1.29, 1.82) is 0 Å². The van der Waals surface area contributed by atoms with Crippen LogP contribution < -0.4 is 5.32 Å². The predicted molar refractivity (Wildman–Crippen MR) is 72.2 cm³/mol. The van der Waals surface area contributed by atoms with Gasteiger partial charge in [-0.3, -0.25) is 0 Å². The number of urea groups is 1. The molecule has 1 saturated heterocycles. The second-order valence-electron chi connectivity index (χ2n) is 5.21. The normalized spacial score (nSPS) is 34.5. The Morgan fingerprint density at radius 3 is 2.63 bits per heavy atom. The van der Waals surface area contributed by atoms with Crippen molar-refractivity contribution < 1.29 is 19.8 Å². The van der Waals surface area contributed by atoms with Crippen LogP contribution >= 0.6 is 11.8 Å². The maximum Gasteiger partial charge on any atom is 0.326 e. The number of likely N-dealkylation sites (tertiary alicyclic amines) is 1. The fraction of sp³-hybridized carbons (Fsp3) is 0.833. The maximum absolute atomic E-state index is 12.1. The van der Waals surface area contributed by atoms with Crippen LogP contribution in [0.2, 0.25) is 0 Å². The molecule has 19 heavy (non-hydrogen) atoms. The zero-order valence-electron chi connectivity index (χ0n) is 10.9. The summed E-state index contributed by atoms with van der Waals surface area (Å²) in [5, 5.41) is 22.0. The van der Waals surface area contributed by atoms with Crippen molar-refractivity contribution in [3.63, 3.8) is 0 Å². The number of carbonyl (C=O) groups excluding carboxylic acids is 1. The van der Waals surface area contributed by atoms with Gasteiger partial charge in [0.25, 0.3) is 0 Å². The number of β-amino-alcohol motifs (C(OH)–C–C–N with tert-alkyl or cyclic N) is 1. The van der Waals surface area contributed by atoms with E-state index in [2.05, 4.69) is 11.6 Å². The van der Waals surface area contributed by atoms with Crippen molar-refractivity contribution in [2.75, 3.05) is 12.8 Å². The van der Waals surface area contributed by atoms with Gasteiger partial charge in [0.05, 0.1) is 6.10 Å². The molecule has 2 fully saturated rings. The number of nitrogens with one attached hydrogen (secondary N) is 1. The SMILES string of the molecule is CSC1CCC(NC(=O)N2CC(O)C[C@H]2C(=O)O)C1. The number of aliphatic hydroxyl groups is 1. The first-order valence-corrected chi connectivity index (χ1v) is 7.81. The van der Waals surface area contributed by atoms with Crippen LogP contribution in [-0.4, -0.2) is 63.4 Å². The molecule has 1 saturated carbocycles. The van der Waals surface area contributed by atoms with Crippen LogP contribution in [-0.2, 0) is 4.79 Å². The lowest BCUT2D eigenvalue weighted by Gasteiger charge is -2.24. The Balaban J connectivity index is 1.90. The van der Waals surface area contributed by atoms with Crippen molar-refractivity contribution >= 4 is 23.8 Å². The third-order valence-corrected chi connectivity index (χ3v) is 4.97. The van der Waals surface area contributed by atoms with E-state index in [-0.39, 0.29) is 25.0 Å². The van der Waals surface area contributed by atoms with E-state index in [1.165, 1.54) is 4.90 Å². The molecule has 2 rings (SSSR count). The van der Waals surface area contributed by atoms with Gasteiger partial charge < -0.3 is 20.4 Å². The largest absolute Gasteiger partial charge is 0.480 e. The van der Waals surface area contributed by atoms with E-state index in [1.54, 1.807) is 11.8 Å². The molecule has 0 bridgehead atoms. The minimum absolute atomic E-state index is 0.0987. The zero-order chi connectivity index (χ0) is 14.0. The predicted octanol–water partition coefficient (Wildman–Crippen LogP) is 0.500. The summed E-state index contributed by atoms with van der Waals surface area (Å²) in [6, 6.07) is -1.15. The van der Waals surface area contributed by atoms with Crippen molar-refractivity contribution in [3.8, 4) is 0 Å². The van der Waals surface area contributed by atoms with Gasteiger partial charge in [-0.15, -0.1) is 0 Å². The van der Waals surface area contributed by atoms with Gasteiger partial charge in [0.2, 0.25) is 0 Å². The summed E-state index contributed by atoms with van der Waals surface area (Å²) < 4.78 is 0. The lowest BCUT2D eigenvalue weighted by molar-refractivity contribution is -0.141. The summed E-state index contributed by atoms with van der Waals surface area (Å²) in [6.45, 7) is 0.0987. The Bertz CT molecular complexity index is 366. The second-order valence-corrected chi connectivity index (χ2v) is 6.35. The first-order valence-electron chi connectivity index (χ1n) is 6.52. The molecule has 0 aromatic rings. The highest BCUT2D eigenvalue weighted by Crippen LogP contribution is 2.28. The van der Waals surface area contributed by atoms with Gasteiger partial charge in [0.15, 0.2) is 0 Å². The van der Waals surface area contributed by atoms with Crippen molar-refractivity contribution in [1.82, 2.24) is 10.2 Å². The number of amides is 2. The van der Waals surface area contributed by atoms with Crippen LogP contribution in [0.3, 0.4) is 0 Å². The third kappa shape index (κ3) is 3.33. The number of carboxylic acid groups (broad SMARTS) is 1. The zero-order valence-corrected chi connectivity index (χ0v) is 11.7. The molecule has 0 aromatic heterocycles. The molecular weight excluding hydrogens is 268 g/mol. The second kappa shape index (κ2) is 6.00. The van der Waals surface area contributed by atoms with E-state index in [9.17, 15) is 14.7 Å². The van der Waals surface area contributed by atoms with Crippen molar-refractivity contribution in [2.45, 2.75) is 49.1 Å². The first-order chi connectivity index (χ1) is 9.01. The van der Waals surface area contributed by atoms with Gasteiger partial charge in [0, 0.05) is 24.3 Å². The molecule has 1 aliphatic carbocycles. The molecule has 4 atom stereocenters. The number of carbonyl (C=O) groups is 2. The van der Waals surface area contributed by atoms with Gasteiger partial charge in [0.1, 0.15) is 6.04 Å². The van der Waals surface area contributed by atoms with Crippen LogP contribution in [0.5, 0.6) is 0 Å². The van der Waals surface area contributed by atoms with Crippen molar-refractivity contribution in [3.05, 3.63) is 0 Å². The van der Waals surface area contributed by atoms with Crippen LogP contribution in [0.4, 0.5) is 4.79 Å². The molecule has 0 aromatic carbocycles. The minimum Gasteiger partial charge on any atom is -0.480 e. The summed E-state index contributed by atoms with van der Waals surface area (Å²) in [6.07, 6.45) is 4.38. The van der Waals surface area contributed by atoms with E-state index in [1.807, 2.05) is 0 Å². The third-order valence-electron chi connectivity index (χ3n) is 3.87. The van der Waals surface area contributed by atoms with Crippen LogP contribution in [0.15, 0.2) is 0 Å². The standard InChI is InChI=1S/C12H20N2O4S/c1-19-9-3-2-7(4-9)13-12(18)14-6-8(15)5-10(14)11(16)17/h7-10,15H,2-6H2,1H3,(H,13,18)(H,16,17)/t7?,8?,9?,10-/m0/s1. The van der Waals surface area contributed by atoms with Crippen LogP contribution in [0.25, 0.3) is 0 Å². The Labute approximate surface area is 116 Å². The highest BCUT2D eigenvalue weighted by atomic mass is 32.2. The summed E-state index contributed by atoms with van der Waals surface area (Å²) in [5.41, 5.74) is 0. The van der Waals surface area contributed by atoms with E-state index >= 15 is 0 Å². The molecular formula is C12H20N2O4S. The summed E-state index contributed by atoms with van der Waals surface area (Å²) in [5.74, 6) is -1.06. The highest BCUT2D eigenvalue weighted by Gasteiger charge is 2.39. The van der Waals surface area contributed by atoms with E-state index < -0.39 is 18.1 Å². The molecule has 1 heterocycles. The summed E-state index contributed by atoms with van der Waals surface area (Å²) in [4.78, 5) is 24.4. The number of hydrogen-bond acceptors (Lipinski definition) is 4. The van der Waals surface area contributed by atoms with Crippen LogP contribution in [0.1, 0.15) is 25.7 Å². The van der Waals surface area contributed by atoms with Gasteiger partial charge in [-0.1, -0.05) is 0 Å². The molecule has 7 heteroatoms. The Hall–Kier alpha value is -0.950. The molecule has 0 radical (unpaired) electrons. The average molecular weight is 288 g/mol. The van der Waals surface area contributed by atoms with E-state index in [0.29, 0.717) is 5.25 Å². The van der Waals surface area contributed by atoms with Crippen LogP contribution in [0, 0.1) is 0 Å². The highest BCUT2D eigenvalue weighted by molar-refractivity contribution is 7.99. The monoisotopic (exact) mass is 288 g/mol. The lowest BCUT2D eigenvalue weighted by Crippen LogP contribution is -2.48. The fourth-order valence-electron chi connectivity index (χ4n) is 2.82. The Morgan fingerprint density at radius 2 is 2.05 bits per heavy atom. The smallest absolute Gasteiger partial charge is 0.326 e. The lowest BCUT2D eigenvalue weighted by atomic mass is 10.2. The van der Waals surface area contributed by atoms with Gasteiger partial charge in [-0.05, 0) is 25.5 Å².